The Bertz CT molecular complexity index is 488. The number of nitrogens with zero attached hydrogens (tertiary/aromatic N) is 2. The van der Waals surface area contributed by atoms with Crippen LogP contribution in [0.2, 0.25) is 0 Å². The zero-order valence-electron chi connectivity index (χ0n) is 9.85. The SMILES string of the molecule is c1cnc2occ(CCN3CCNCC3)c2c1. The Morgan fingerprint density at radius 2 is 2.24 bits per heavy atom. The summed E-state index contributed by atoms with van der Waals surface area (Å²) in [6.07, 6.45) is 4.66. The first-order valence-electron chi connectivity index (χ1n) is 6.17. The van der Waals surface area contributed by atoms with Crippen molar-refractivity contribution in [1.82, 2.24) is 15.2 Å². The summed E-state index contributed by atoms with van der Waals surface area (Å²) in [5.41, 5.74) is 2.02. The maximum atomic E-state index is 5.45. The van der Waals surface area contributed by atoms with E-state index in [2.05, 4.69) is 21.3 Å². The second kappa shape index (κ2) is 4.85. The van der Waals surface area contributed by atoms with Crippen LogP contribution in [0.5, 0.6) is 0 Å². The van der Waals surface area contributed by atoms with Crippen LogP contribution < -0.4 is 5.32 Å². The Kier molecular flexibility index (Phi) is 3.07. The molecule has 1 fully saturated rings. The van der Waals surface area contributed by atoms with Gasteiger partial charge in [0, 0.05) is 49.9 Å². The van der Waals surface area contributed by atoms with E-state index in [1.54, 1.807) is 6.20 Å². The van der Waals surface area contributed by atoms with Crippen molar-refractivity contribution >= 4 is 11.1 Å². The second-order valence-electron chi connectivity index (χ2n) is 4.46. The minimum absolute atomic E-state index is 0.753. The normalized spacial score (nSPS) is 17.6. The Labute approximate surface area is 101 Å². The van der Waals surface area contributed by atoms with E-state index in [0.717, 1.165) is 50.2 Å². The maximum absolute atomic E-state index is 5.45. The summed E-state index contributed by atoms with van der Waals surface area (Å²) in [4.78, 5) is 6.70. The van der Waals surface area contributed by atoms with Gasteiger partial charge in [-0.05, 0) is 18.6 Å². The molecule has 0 bridgehead atoms. The van der Waals surface area contributed by atoms with Crippen molar-refractivity contribution in [3.05, 3.63) is 30.2 Å². The van der Waals surface area contributed by atoms with Crippen LogP contribution in [0.25, 0.3) is 11.1 Å². The Balaban J connectivity index is 1.68. The molecule has 0 radical (unpaired) electrons. The van der Waals surface area contributed by atoms with Crippen LogP contribution in [0.4, 0.5) is 0 Å². The molecule has 2 aromatic heterocycles. The molecule has 3 heterocycles. The van der Waals surface area contributed by atoms with Gasteiger partial charge in [-0.25, -0.2) is 4.98 Å². The molecule has 0 unspecified atom stereocenters. The summed E-state index contributed by atoms with van der Waals surface area (Å²) in [6.45, 7) is 5.61. The minimum atomic E-state index is 0.753. The molecule has 4 heteroatoms. The average Bonchev–Trinajstić information content (AvgIpc) is 2.81. The quantitative estimate of drug-likeness (QED) is 0.864. The van der Waals surface area contributed by atoms with Crippen LogP contribution in [0, 0.1) is 0 Å². The fourth-order valence-electron chi connectivity index (χ4n) is 2.33. The molecule has 1 aliphatic heterocycles. The molecule has 4 nitrogen and oxygen atoms in total. The van der Waals surface area contributed by atoms with Gasteiger partial charge < -0.3 is 14.6 Å². The van der Waals surface area contributed by atoms with Crippen LogP contribution in [0.1, 0.15) is 5.56 Å². The molecule has 1 aliphatic rings. The molecule has 0 amide bonds. The van der Waals surface area contributed by atoms with Crippen molar-refractivity contribution in [2.45, 2.75) is 6.42 Å². The molecule has 3 rings (SSSR count). The summed E-state index contributed by atoms with van der Waals surface area (Å²) in [6, 6.07) is 4.05. The molecule has 0 spiro atoms. The Morgan fingerprint density at radius 3 is 3.12 bits per heavy atom. The van der Waals surface area contributed by atoms with Crippen molar-refractivity contribution < 1.29 is 4.42 Å². The molecule has 1 N–H and O–H groups in total. The zero-order chi connectivity index (χ0) is 11.5. The highest BCUT2D eigenvalue weighted by Crippen LogP contribution is 2.19. The molecular weight excluding hydrogens is 214 g/mol. The monoisotopic (exact) mass is 231 g/mol. The van der Waals surface area contributed by atoms with Gasteiger partial charge in [0.1, 0.15) is 0 Å². The molecule has 0 aromatic carbocycles. The highest BCUT2D eigenvalue weighted by atomic mass is 16.3. The van der Waals surface area contributed by atoms with Gasteiger partial charge >= 0.3 is 0 Å². The number of pyridine rings is 1. The number of nitrogens with one attached hydrogen (secondary N) is 1. The number of furan rings is 1. The predicted molar refractivity (Wildman–Crippen MR) is 67.0 cm³/mol. The van der Waals surface area contributed by atoms with Gasteiger partial charge in [0.05, 0.1) is 6.26 Å². The standard InChI is InChI=1S/C13H17N3O/c1-2-12-11(10-17-13(12)15-4-1)3-7-16-8-5-14-6-9-16/h1-2,4,10,14H,3,5-9H2. The van der Waals surface area contributed by atoms with E-state index in [0.29, 0.717) is 0 Å². The van der Waals surface area contributed by atoms with Crippen molar-refractivity contribution in [1.29, 1.82) is 0 Å². The summed E-state index contributed by atoms with van der Waals surface area (Å²) in [7, 11) is 0. The van der Waals surface area contributed by atoms with Crippen molar-refractivity contribution in [2.24, 2.45) is 0 Å². The number of aromatic nitrogens is 1. The molecule has 1 saturated heterocycles. The molecule has 2 aromatic rings. The lowest BCUT2D eigenvalue weighted by Gasteiger charge is -2.26. The van der Waals surface area contributed by atoms with Crippen LogP contribution in [-0.2, 0) is 6.42 Å². The van der Waals surface area contributed by atoms with Crippen LogP contribution in [-0.4, -0.2) is 42.6 Å². The molecule has 90 valence electrons. The second-order valence-corrected chi connectivity index (χ2v) is 4.46. The fourth-order valence-corrected chi connectivity index (χ4v) is 2.33. The third-order valence-electron chi connectivity index (χ3n) is 3.34. The summed E-state index contributed by atoms with van der Waals surface area (Å²) in [5.74, 6) is 0. The number of piperazine rings is 1. The van der Waals surface area contributed by atoms with Crippen LogP contribution in [0.3, 0.4) is 0 Å². The van der Waals surface area contributed by atoms with Crippen molar-refractivity contribution in [3.63, 3.8) is 0 Å². The first-order chi connectivity index (χ1) is 8.43. The predicted octanol–water partition coefficient (Wildman–Crippen LogP) is 1.28. The first kappa shape index (κ1) is 10.7. The largest absolute Gasteiger partial charge is 0.446 e. The summed E-state index contributed by atoms with van der Waals surface area (Å²) >= 11 is 0. The molecule has 0 aliphatic carbocycles. The van der Waals surface area contributed by atoms with Gasteiger partial charge in [0.2, 0.25) is 5.71 Å². The Hall–Kier alpha value is -1.39. The minimum Gasteiger partial charge on any atom is -0.446 e. The maximum Gasteiger partial charge on any atom is 0.226 e. The van der Waals surface area contributed by atoms with Gasteiger partial charge in [-0.15, -0.1) is 0 Å². The van der Waals surface area contributed by atoms with E-state index in [-0.39, 0.29) is 0 Å². The van der Waals surface area contributed by atoms with E-state index in [1.165, 1.54) is 5.56 Å². The van der Waals surface area contributed by atoms with Gasteiger partial charge in [-0.2, -0.15) is 0 Å². The molecule has 0 saturated carbocycles. The van der Waals surface area contributed by atoms with E-state index in [1.807, 2.05) is 12.3 Å². The number of hydrogen-bond donors (Lipinski definition) is 1. The van der Waals surface area contributed by atoms with Gasteiger partial charge in [-0.1, -0.05) is 0 Å². The third kappa shape index (κ3) is 2.33. The summed E-state index contributed by atoms with van der Waals surface area (Å²) in [5, 5.41) is 4.52. The zero-order valence-corrected chi connectivity index (χ0v) is 9.85. The average molecular weight is 231 g/mol. The molecule has 17 heavy (non-hydrogen) atoms. The number of rotatable bonds is 3. The first-order valence-corrected chi connectivity index (χ1v) is 6.17. The lowest BCUT2D eigenvalue weighted by molar-refractivity contribution is 0.244. The highest BCUT2D eigenvalue weighted by molar-refractivity contribution is 5.77. The number of fused-ring (bicyclic) bond motifs is 1. The van der Waals surface area contributed by atoms with E-state index in [4.69, 9.17) is 4.42 Å². The van der Waals surface area contributed by atoms with Gasteiger partial charge in [0.15, 0.2) is 0 Å². The van der Waals surface area contributed by atoms with E-state index < -0.39 is 0 Å². The highest BCUT2D eigenvalue weighted by Gasteiger charge is 2.11. The summed E-state index contributed by atoms with van der Waals surface area (Å²) < 4.78 is 5.45. The van der Waals surface area contributed by atoms with Crippen LogP contribution in [0.15, 0.2) is 29.0 Å². The van der Waals surface area contributed by atoms with E-state index >= 15 is 0 Å². The molecular formula is C13H17N3O. The van der Waals surface area contributed by atoms with E-state index in [9.17, 15) is 0 Å². The molecule has 0 atom stereocenters. The van der Waals surface area contributed by atoms with Crippen molar-refractivity contribution in [3.8, 4) is 0 Å². The lowest BCUT2D eigenvalue weighted by atomic mass is 10.1. The van der Waals surface area contributed by atoms with Crippen LogP contribution >= 0.6 is 0 Å². The van der Waals surface area contributed by atoms with Crippen molar-refractivity contribution in [2.75, 3.05) is 32.7 Å². The third-order valence-corrected chi connectivity index (χ3v) is 3.34. The Morgan fingerprint density at radius 1 is 1.35 bits per heavy atom. The van der Waals surface area contributed by atoms with Gasteiger partial charge in [-0.3, -0.25) is 0 Å². The lowest BCUT2D eigenvalue weighted by Crippen LogP contribution is -2.44. The topological polar surface area (TPSA) is 41.3 Å². The smallest absolute Gasteiger partial charge is 0.226 e. The van der Waals surface area contributed by atoms with Gasteiger partial charge in [0.25, 0.3) is 0 Å². The number of hydrogen-bond acceptors (Lipinski definition) is 4. The fraction of sp³-hybridized carbons (Fsp3) is 0.462.